The zero-order chi connectivity index (χ0) is 14.2. The van der Waals surface area contributed by atoms with Gasteiger partial charge in [-0.1, -0.05) is 6.92 Å². The van der Waals surface area contributed by atoms with Crippen LogP contribution >= 0.6 is 0 Å². The van der Waals surface area contributed by atoms with Gasteiger partial charge in [-0.2, -0.15) is 0 Å². The van der Waals surface area contributed by atoms with Crippen LogP contribution in [0.1, 0.15) is 32.6 Å². The standard InChI is InChI=1S/C14H23N5O/c1-2-6-15-12-11-19-9-8-17-14(19)13(18-12)16-7-4-3-5-10-20/h8-9,11,15,20H,2-7,10H2,1H3,(H,16,18). The second-order valence-electron chi connectivity index (χ2n) is 4.77. The van der Waals surface area contributed by atoms with E-state index < -0.39 is 0 Å². The minimum absolute atomic E-state index is 0.263. The molecule has 110 valence electrons. The fourth-order valence-corrected chi connectivity index (χ4v) is 2.01. The Hall–Kier alpha value is -1.82. The highest BCUT2D eigenvalue weighted by atomic mass is 16.2. The summed E-state index contributed by atoms with van der Waals surface area (Å²) in [6, 6.07) is 0. The van der Waals surface area contributed by atoms with Crippen molar-refractivity contribution in [1.82, 2.24) is 14.4 Å². The Morgan fingerprint density at radius 3 is 2.90 bits per heavy atom. The van der Waals surface area contributed by atoms with Gasteiger partial charge in [-0.05, 0) is 25.7 Å². The summed E-state index contributed by atoms with van der Waals surface area (Å²) in [4.78, 5) is 8.90. The van der Waals surface area contributed by atoms with E-state index in [1.165, 1.54) is 0 Å². The van der Waals surface area contributed by atoms with Crippen LogP contribution in [-0.4, -0.2) is 39.2 Å². The van der Waals surface area contributed by atoms with E-state index in [1.54, 1.807) is 6.20 Å². The second kappa shape index (κ2) is 7.69. The lowest BCUT2D eigenvalue weighted by Crippen LogP contribution is -2.09. The molecule has 0 saturated carbocycles. The number of aromatic nitrogens is 3. The SMILES string of the molecule is CCCNc1cn2ccnc2c(NCCCCCO)n1. The topological polar surface area (TPSA) is 74.5 Å². The Kier molecular flexibility index (Phi) is 5.61. The van der Waals surface area contributed by atoms with Crippen LogP contribution in [-0.2, 0) is 0 Å². The maximum absolute atomic E-state index is 8.76. The smallest absolute Gasteiger partial charge is 0.180 e. The molecule has 0 atom stereocenters. The van der Waals surface area contributed by atoms with E-state index in [0.29, 0.717) is 0 Å². The van der Waals surface area contributed by atoms with Crippen molar-refractivity contribution in [3.05, 3.63) is 18.6 Å². The highest BCUT2D eigenvalue weighted by Crippen LogP contribution is 2.16. The number of unbranched alkanes of at least 4 members (excludes halogenated alkanes) is 2. The van der Waals surface area contributed by atoms with Crippen molar-refractivity contribution >= 4 is 17.3 Å². The Balaban J connectivity index is 2.03. The van der Waals surface area contributed by atoms with E-state index in [9.17, 15) is 0 Å². The molecule has 2 heterocycles. The van der Waals surface area contributed by atoms with Crippen molar-refractivity contribution in [3.63, 3.8) is 0 Å². The van der Waals surface area contributed by atoms with Crippen LogP contribution in [0, 0.1) is 0 Å². The number of imidazole rings is 1. The van der Waals surface area contributed by atoms with Gasteiger partial charge in [-0.25, -0.2) is 9.97 Å². The first-order chi connectivity index (χ1) is 9.85. The van der Waals surface area contributed by atoms with Crippen LogP contribution in [0.25, 0.3) is 5.65 Å². The highest BCUT2D eigenvalue weighted by molar-refractivity contribution is 5.65. The molecule has 2 rings (SSSR count). The van der Waals surface area contributed by atoms with Crippen LogP contribution in [0.3, 0.4) is 0 Å². The Labute approximate surface area is 119 Å². The molecule has 2 aromatic rings. The van der Waals surface area contributed by atoms with E-state index in [-0.39, 0.29) is 6.61 Å². The lowest BCUT2D eigenvalue weighted by molar-refractivity contribution is 0.283. The summed E-state index contributed by atoms with van der Waals surface area (Å²) >= 11 is 0. The number of aliphatic hydroxyl groups excluding tert-OH is 1. The summed E-state index contributed by atoms with van der Waals surface area (Å²) < 4.78 is 1.97. The highest BCUT2D eigenvalue weighted by Gasteiger charge is 2.06. The third kappa shape index (κ3) is 3.84. The van der Waals surface area contributed by atoms with Gasteiger partial charge in [0.2, 0.25) is 0 Å². The van der Waals surface area contributed by atoms with Crippen molar-refractivity contribution in [2.24, 2.45) is 0 Å². The molecule has 2 aromatic heterocycles. The first kappa shape index (κ1) is 14.6. The molecule has 0 aromatic carbocycles. The van der Waals surface area contributed by atoms with Gasteiger partial charge in [0.25, 0.3) is 0 Å². The maximum Gasteiger partial charge on any atom is 0.180 e. The molecule has 6 heteroatoms. The van der Waals surface area contributed by atoms with Gasteiger partial charge in [0.1, 0.15) is 5.82 Å². The number of aliphatic hydroxyl groups is 1. The number of hydrogen-bond acceptors (Lipinski definition) is 5. The molecule has 3 N–H and O–H groups in total. The van der Waals surface area contributed by atoms with Gasteiger partial charge in [0.05, 0.1) is 6.20 Å². The Morgan fingerprint density at radius 1 is 1.20 bits per heavy atom. The second-order valence-corrected chi connectivity index (χ2v) is 4.77. The van der Waals surface area contributed by atoms with Gasteiger partial charge in [-0.3, -0.25) is 0 Å². The first-order valence-electron chi connectivity index (χ1n) is 7.27. The quantitative estimate of drug-likeness (QED) is 0.612. The van der Waals surface area contributed by atoms with Crippen molar-refractivity contribution in [3.8, 4) is 0 Å². The Morgan fingerprint density at radius 2 is 2.10 bits per heavy atom. The summed E-state index contributed by atoms with van der Waals surface area (Å²) in [6.45, 7) is 4.14. The average Bonchev–Trinajstić information content (AvgIpc) is 2.93. The predicted molar refractivity (Wildman–Crippen MR) is 81.2 cm³/mol. The normalized spacial score (nSPS) is 10.9. The largest absolute Gasteiger partial charge is 0.396 e. The fraction of sp³-hybridized carbons (Fsp3) is 0.571. The average molecular weight is 277 g/mol. The van der Waals surface area contributed by atoms with Gasteiger partial charge < -0.3 is 20.1 Å². The monoisotopic (exact) mass is 277 g/mol. The van der Waals surface area contributed by atoms with Gasteiger partial charge in [-0.15, -0.1) is 0 Å². The minimum Gasteiger partial charge on any atom is -0.396 e. The molecule has 0 radical (unpaired) electrons. The molecule has 0 aliphatic carbocycles. The number of hydrogen-bond donors (Lipinski definition) is 3. The number of fused-ring (bicyclic) bond motifs is 1. The zero-order valence-corrected chi connectivity index (χ0v) is 12.0. The lowest BCUT2D eigenvalue weighted by Gasteiger charge is -2.10. The first-order valence-corrected chi connectivity index (χ1v) is 7.27. The number of anilines is 2. The number of rotatable bonds is 9. The molecular formula is C14H23N5O. The summed E-state index contributed by atoms with van der Waals surface area (Å²) in [5.41, 5.74) is 0.842. The summed E-state index contributed by atoms with van der Waals surface area (Å²) in [5.74, 6) is 1.66. The molecule has 0 amide bonds. The number of nitrogens with zero attached hydrogens (tertiary/aromatic N) is 3. The minimum atomic E-state index is 0.263. The molecule has 0 unspecified atom stereocenters. The van der Waals surface area contributed by atoms with Crippen molar-refractivity contribution < 1.29 is 5.11 Å². The summed E-state index contributed by atoms with van der Waals surface area (Å²) in [7, 11) is 0. The van der Waals surface area contributed by atoms with Crippen molar-refractivity contribution in [2.75, 3.05) is 30.3 Å². The van der Waals surface area contributed by atoms with E-state index in [0.717, 1.165) is 56.1 Å². The Bertz CT molecular complexity index is 525. The summed E-state index contributed by atoms with van der Waals surface area (Å²) in [6.07, 6.45) is 9.60. The van der Waals surface area contributed by atoms with Crippen LogP contribution in [0.15, 0.2) is 18.6 Å². The fourth-order valence-electron chi connectivity index (χ4n) is 2.01. The van der Waals surface area contributed by atoms with Crippen LogP contribution < -0.4 is 10.6 Å². The third-order valence-electron chi connectivity index (χ3n) is 3.06. The molecule has 20 heavy (non-hydrogen) atoms. The van der Waals surface area contributed by atoms with Crippen LogP contribution in [0.5, 0.6) is 0 Å². The lowest BCUT2D eigenvalue weighted by atomic mass is 10.2. The maximum atomic E-state index is 8.76. The molecule has 0 saturated heterocycles. The van der Waals surface area contributed by atoms with E-state index in [4.69, 9.17) is 5.11 Å². The molecule has 0 spiro atoms. The molecule has 0 bridgehead atoms. The molecular weight excluding hydrogens is 254 g/mol. The van der Waals surface area contributed by atoms with Gasteiger partial charge in [0.15, 0.2) is 11.5 Å². The van der Waals surface area contributed by atoms with Crippen molar-refractivity contribution in [2.45, 2.75) is 32.6 Å². The molecule has 0 aliphatic heterocycles. The molecule has 0 aliphatic rings. The van der Waals surface area contributed by atoms with E-state index in [1.807, 2.05) is 16.8 Å². The van der Waals surface area contributed by atoms with Crippen LogP contribution in [0.2, 0.25) is 0 Å². The number of nitrogens with one attached hydrogen (secondary N) is 2. The van der Waals surface area contributed by atoms with Gasteiger partial charge >= 0.3 is 0 Å². The van der Waals surface area contributed by atoms with Crippen LogP contribution in [0.4, 0.5) is 11.6 Å². The van der Waals surface area contributed by atoms with Crippen molar-refractivity contribution in [1.29, 1.82) is 0 Å². The predicted octanol–water partition coefficient (Wildman–Crippen LogP) is 2.13. The van der Waals surface area contributed by atoms with E-state index >= 15 is 0 Å². The zero-order valence-electron chi connectivity index (χ0n) is 12.0. The third-order valence-corrected chi connectivity index (χ3v) is 3.06. The molecule has 0 fully saturated rings. The van der Waals surface area contributed by atoms with Gasteiger partial charge in [0, 0.05) is 32.1 Å². The van der Waals surface area contributed by atoms with E-state index in [2.05, 4.69) is 27.5 Å². The molecule has 6 nitrogen and oxygen atoms in total. The summed E-state index contributed by atoms with van der Waals surface area (Å²) in [5, 5.41) is 15.4.